The first-order valence-corrected chi connectivity index (χ1v) is 9.83. The first-order chi connectivity index (χ1) is 12.8. The zero-order chi connectivity index (χ0) is 18.2. The summed E-state index contributed by atoms with van der Waals surface area (Å²) in [6.07, 6.45) is 6.56. The lowest BCUT2D eigenvalue weighted by Gasteiger charge is -2.09. The van der Waals surface area contributed by atoms with Gasteiger partial charge in [0.05, 0.1) is 22.4 Å². The highest BCUT2D eigenvalue weighted by Gasteiger charge is 2.10. The molecule has 1 aromatic heterocycles. The van der Waals surface area contributed by atoms with E-state index in [0.29, 0.717) is 12.2 Å². The molecule has 132 valence electrons. The van der Waals surface area contributed by atoms with Gasteiger partial charge in [-0.3, -0.25) is 0 Å². The van der Waals surface area contributed by atoms with Crippen molar-refractivity contribution >= 4 is 33.2 Å². The summed E-state index contributed by atoms with van der Waals surface area (Å²) in [6.45, 7) is 2.90. The van der Waals surface area contributed by atoms with Crippen LogP contribution in [0.5, 0.6) is 5.75 Å². The Morgan fingerprint density at radius 3 is 2.73 bits per heavy atom. The quantitative estimate of drug-likeness (QED) is 0.348. The Morgan fingerprint density at radius 2 is 1.92 bits per heavy atom. The number of hydrogen-bond donors (Lipinski definition) is 0. The Hall–Kier alpha value is -2.64. The van der Waals surface area contributed by atoms with Crippen LogP contribution in [0.4, 0.5) is 0 Å². The number of nitriles is 1. The molecule has 4 heteroatoms. The van der Waals surface area contributed by atoms with Crippen LogP contribution in [0.3, 0.4) is 0 Å². The van der Waals surface area contributed by atoms with Crippen molar-refractivity contribution in [3.05, 3.63) is 59.1 Å². The lowest BCUT2D eigenvalue weighted by molar-refractivity contribution is 0.304. The van der Waals surface area contributed by atoms with Crippen LogP contribution in [0.2, 0.25) is 0 Å². The average molecular weight is 362 g/mol. The molecular weight excluding hydrogens is 340 g/mol. The Kier molecular flexibility index (Phi) is 6.40. The van der Waals surface area contributed by atoms with Crippen molar-refractivity contribution in [1.82, 2.24) is 4.98 Å². The van der Waals surface area contributed by atoms with Gasteiger partial charge in [-0.05, 0) is 30.7 Å². The number of benzene rings is 2. The molecule has 0 aliphatic carbocycles. The third-order valence-corrected chi connectivity index (χ3v) is 5.19. The second-order valence-corrected chi connectivity index (χ2v) is 7.13. The zero-order valence-electron chi connectivity index (χ0n) is 14.9. The van der Waals surface area contributed by atoms with Crippen LogP contribution < -0.4 is 4.74 Å². The van der Waals surface area contributed by atoms with Gasteiger partial charge in [0, 0.05) is 5.56 Å². The van der Waals surface area contributed by atoms with Gasteiger partial charge in [-0.25, -0.2) is 4.98 Å². The first-order valence-electron chi connectivity index (χ1n) is 9.01. The fourth-order valence-electron chi connectivity index (χ4n) is 2.73. The standard InChI is InChI=1S/C22H22N2OS/c1-2-3-4-9-14-25-20-12-7-5-10-17(20)15-18(16-23)22-24-19-11-6-8-13-21(19)26-22/h5-8,10-13,15H,2-4,9,14H2,1H3. The molecule has 26 heavy (non-hydrogen) atoms. The molecule has 0 N–H and O–H groups in total. The Bertz CT molecular complexity index is 903. The summed E-state index contributed by atoms with van der Waals surface area (Å²) in [4.78, 5) is 4.59. The minimum atomic E-state index is 0.563. The van der Waals surface area contributed by atoms with Gasteiger partial charge in [0.15, 0.2) is 0 Å². The van der Waals surface area contributed by atoms with Crippen LogP contribution in [0.15, 0.2) is 48.5 Å². The summed E-state index contributed by atoms with van der Waals surface area (Å²) in [5.74, 6) is 0.817. The summed E-state index contributed by atoms with van der Waals surface area (Å²) in [7, 11) is 0. The molecule has 1 heterocycles. The zero-order valence-corrected chi connectivity index (χ0v) is 15.8. The second-order valence-electron chi connectivity index (χ2n) is 6.10. The maximum absolute atomic E-state index is 9.64. The number of hydrogen-bond acceptors (Lipinski definition) is 4. The van der Waals surface area contributed by atoms with E-state index in [2.05, 4.69) is 18.0 Å². The van der Waals surface area contributed by atoms with Crippen molar-refractivity contribution in [3.63, 3.8) is 0 Å². The second kappa shape index (κ2) is 9.17. The van der Waals surface area contributed by atoms with Crippen LogP contribution in [0.1, 0.15) is 43.2 Å². The molecule has 0 saturated heterocycles. The number of nitrogens with zero attached hydrogens (tertiary/aromatic N) is 2. The number of unbranched alkanes of at least 4 members (excludes halogenated alkanes) is 3. The van der Waals surface area contributed by atoms with Crippen LogP contribution >= 0.6 is 11.3 Å². The third-order valence-electron chi connectivity index (χ3n) is 4.12. The molecule has 0 atom stereocenters. The van der Waals surface area contributed by atoms with Crippen LogP contribution in [-0.2, 0) is 0 Å². The average Bonchev–Trinajstić information content (AvgIpc) is 3.11. The van der Waals surface area contributed by atoms with Crippen molar-refractivity contribution in [2.75, 3.05) is 6.61 Å². The van der Waals surface area contributed by atoms with Gasteiger partial charge in [0.2, 0.25) is 0 Å². The lowest BCUT2D eigenvalue weighted by atomic mass is 10.1. The molecule has 0 radical (unpaired) electrons. The number of ether oxygens (including phenoxy) is 1. The smallest absolute Gasteiger partial charge is 0.135 e. The minimum Gasteiger partial charge on any atom is -0.493 e. The maximum Gasteiger partial charge on any atom is 0.135 e. The van der Waals surface area contributed by atoms with Gasteiger partial charge in [0.1, 0.15) is 16.8 Å². The van der Waals surface area contributed by atoms with E-state index in [1.807, 2.05) is 54.6 Å². The van der Waals surface area contributed by atoms with Crippen LogP contribution in [0.25, 0.3) is 21.9 Å². The van der Waals surface area contributed by atoms with Gasteiger partial charge in [0.25, 0.3) is 0 Å². The summed E-state index contributed by atoms with van der Waals surface area (Å²) in [5, 5.41) is 10.4. The van der Waals surface area contributed by atoms with E-state index >= 15 is 0 Å². The molecule has 0 aliphatic heterocycles. The fourth-order valence-corrected chi connectivity index (χ4v) is 3.66. The maximum atomic E-state index is 9.64. The van der Waals surface area contributed by atoms with E-state index < -0.39 is 0 Å². The number of allylic oxidation sites excluding steroid dienone is 1. The van der Waals surface area contributed by atoms with E-state index in [4.69, 9.17) is 4.74 Å². The van der Waals surface area contributed by atoms with Crippen LogP contribution in [0, 0.1) is 11.3 Å². The molecule has 0 saturated carbocycles. The number of fused-ring (bicyclic) bond motifs is 1. The lowest BCUT2D eigenvalue weighted by Crippen LogP contribution is -1.98. The molecule has 3 rings (SSSR count). The fraction of sp³-hybridized carbons (Fsp3) is 0.273. The molecular formula is C22H22N2OS. The third kappa shape index (κ3) is 4.50. The molecule has 2 aromatic carbocycles. The monoisotopic (exact) mass is 362 g/mol. The van der Waals surface area contributed by atoms with Crippen molar-refractivity contribution in [2.45, 2.75) is 32.6 Å². The SMILES string of the molecule is CCCCCCOc1ccccc1C=C(C#N)c1nc2ccccc2s1. The van der Waals surface area contributed by atoms with Crippen molar-refractivity contribution in [1.29, 1.82) is 5.26 Å². The van der Waals surface area contributed by atoms with Crippen LogP contribution in [-0.4, -0.2) is 11.6 Å². The molecule has 3 nitrogen and oxygen atoms in total. The summed E-state index contributed by atoms with van der Waals surface area (Å²) >= 11 is 1.54. The van der Waals surface area contributed by atoms with E-state index in [1.54, 1.807) is 0 Å². The summed E-state index contributed by atoms with van der Waals surface area (Å²) in [6, 6.07) is 18.1. The largest absolute Gasteiger partial charge is 0.493 e. The highest BCUT2D eigenvalue weighted by Crippen LogP contribution is 2.30. The van der Waals surface area contributed by atoms with Gasteiger partial charge in [-0.15, -0.1) is 11.3 Å². The predicted molar refractivity (Wildman–Crippen MR) is 109 cm³/mol. The molecule has 0 spiro atoms. The topological polar surface area (TPSA) is 45.9 Å². The number of para-hydroxylation sites is 2. The molecule has 0 bridgehead atoms. The Balaban J connectivity index is 1.82. The normalized spacial score (nSPS) is 11.5. The molecule has 0 aliphatic rings. The van der Waals surface area contributed by atoms with E-state index in [-0.39, 0.29) is 0 Å². The van der Waals surface area contributed by atoms with E-state index in [0.717, 1.165) is 33.0 Å². The van der Waals surface area contributed by atoms with Crippen molar-refractivity contribution in [2.24, 2.45) is 0 Å². The number of thiazole rings is 1. The molecule has 0 fully saturated rings. The Morgan fingerprint density at radius 1 is 1.12 bits per heavy atom. The summed E-state index contributed by atoms with van der Waals surface area (Å²) < 4.78 is 7.04. The van der Waals surface area contributed by atoms with E-state index in [1.165, 1.54) is 30.6 Å². The number of rotatable bonds is 8. The first kappa shape index (κ1) is 18.2. The predicted octanol–water partition coefficient (Wildman–Crippen LogP) is 6.32. The molecule has 3 aromatic rings. The van der Waals surface area contributed by atoms with Gasteiger partial charge in [-0.2, -0.15) is 5.26 Å². The van der Waals surface area contributed by atoms with Gasteiger partial charge < -0.3 is 4.74 Å². The highest BCUT2D eigenvalue weighted by molar-refractivity contribution is 7.19. The molecule has 0 amide bonds. The van der Waals surface area contributed by atoms with Gasteiger partial charge in [-0.1, -0.05) is 56.5 Å². The van der Waals surface area contributed by atoms with Crippen molar-refractivity contribution < 1.29 is 4.74 Å². The van der Waals surface area contributed by atoms with Crippen molar-refractivity contribution in [3.8, 4) is 11.8 Å². The van der Waals surface area contributed by atoms with E-state index in [9.17, 15) is 5.26 Å². The summed E-state index contributed by atoms with van der Waals surface area (Å²) in [5.41, 5.74) is 2.40. The number of aromatic nitrogens is 1. The Labute approximate surface area is 158 Å². The highest BCUT2D eigenvalue weighted by atomic mass is 32.1. The molecule has 0 unspecified atom stereocenters. The minimum absolute atomic E-state index is 0.563. The van der Waals surface area contributed by atoms with Gasteiger partial charge >= 0.3 is 0 Å².